The summed E-state index contributed by atoms with van der Waals surface area (Å²) in [6.07, 6.45) is 0.985. The summed E-state index contributed by atoms with van der Waals surface area (Å²) in [5.74, 6) is 0.0488. The zero-order valence-corrected chi connectivity index (χ0v) is 7.91. The topological polar surface area (TPSA) is 32.3 Å². The van der Waals surface area contributed by atoms with E-state index in [0.717, 1.165) is 18.5 Å². The van der Waals surface area contributed by atoms with Crippen LogP contribution in [0.4, 0.5) is 4.39 Å². The minimum absolute atomic E-state index is 0.181. The summed E-state index contributed by atoms with van der Waals surface area (Å²) in [5.41, 5.74) is 1.06. The zero-order chi connectivity index (χ0) is 9.97. The summed E-state index contributed by atoms with van der Waals surface area (Å²) < 4.78 is 12.7. The number of halogens is 1. The molecule has 14 heavy (non-hydrogen) atoms. The van der Waals surface area contributed by atoms with Gasteiger partial charge in [0.05, 0.1) is 0 Å². The average Bonchev–Trinajstić information content (AvgIpc) is 2.67. The lowest BCUT2D eigenvalue weighted by atomic mass is 9.95. The minimum atomic E-state index is -0.215. The molecule has 0 spiro atoms. The molecule has 1 saturated heterocycles. The van der Waals surface area contributed by atoms with Gasteiger partial charge in [-0.25, -0.2) is 4.39 Å². The number of aliphatic hydroxyl groups is 1. The van der Waals surface area contributed by atoms with Gasteiger partial charge in [0.1, 0.15) is 5.82 Å². The second-order valence-corrected chi connectivity index (χ2v) is 3.71. The maximum atomic E-state index is 12.7. The molecule has 1 fully saturated rings. The molecule has 0 bridgehead atoms. The second kappa shape index (κ2) is 4.07. The van der Waals surface area contributed by atoms with Crippen LogP contribution in [0.15, 0.2) is 24.3 Å². The number of benzene rings is 1. The molecule has 0 aliphatic carbocycles. The van der Waals surface area contributed by atoms with Crippen LogP contribution < -0.4 is 5.32 Å². The van der Waals surface area contributed by atoms with E-state index in [2.05, 4.69) is 5.32 Å². The third-order valence-corrected chi connectivity index (χ3v) is 2.81. The van der Waals surface area contributed by atoms with Gasteiger partial charge in [-0.05, 0) is 30.7 Å². The Balaban J connectivity index is 2.17. The zero-order valence-electron chi connectivity index (χ0n) is 7.91. The van der Waals surface area contributed by atoms with Gasteiger partial charge in [-0.1, -0.05) is 12.1 Å². The molecule has 1 aliphatic heterocycles. The first-order chi connectivity index (χ1) is 6.81. The quantitative estimate of drug-likeness (QED) is 0.749. The van der Waals surface area contributed by atoms with E-state index in [1.165, 1.54) is 12.1 Å². The molecule has 2 nitrogen and oxygen atoms in total. The van der Waals surface area contributed by atoms with Gasteiger partial charge in [0, 0.05) is 18.6 Å². The maximum Gasteiger partial charge on any atom is 0.123 e. The molecule has 0 aromatic heterocycles. The first-order valence-electron chi connectivity index (χ1n) is 4.91. The van der Waals surface area contributed by atoms with Crippen LogP contribution >= 0.6 is 0 Å². The molecule has 2 atom stereocenters. The Morgan fingerprint density at radius 2 is 2.07 bits per heavy atom. The Morgan fingerprint density at radius 3 is 2.71 bits per heavy atom. The molecular formula is C11H14FNO. The number of hydrogen-bond donors (Lipinski definition) is 2. The molecule has 1 aromatic rings. The van der Waals surface area contributed by atoms with E-state index in [0.29, 0.717) is 0 Å². The largest absolute Gasteiger partial charge is 0.396 e. The Hall–Kier alpha value is -0.930. The number of hydrogen-bond acceptors (Lipinski definition) is 2. The molecule has 2 rings (SSSR count). The van der Waals surface area contributed by atoms with E-state index < -0.39 is 0 Å². The molecule has 2 N–H and O–H groups in total. The molecule has 1 heterocycles. The van der Waals surface area contributed by atoms with E-state index in [-0.39, 0.29) is 24.4 Å². The highest BCUT2D eigenvalue weighted by Gasteiger charge is 2.27. The third kappa shape index (κ3) is 1.79. The van der Waals surface area contributed by atoms with Crippen molar-refractivity contribution in [3.05, 3.63) is 35.6 Å². The summed E-state index contributed by atoms with van der Waals surface area (Å²) in [7, 11) is 0. The Kier molecular flexibility index (Phi) is 2.79. The van der Waals surface area contributed by atoms with Crippen molar-refractivity contribution in [3.63, 3.8) is 0 Å². The van der Waals surface area contributed by atoms with Gasteiger partial charge in [-0.15, -0.1) is 0 Å². The number of nitrogens with one attached hydrogen (secondary N) is 1. The van der Waals surface area contributed by atoms with Crippen molar-refractivity contribution in [1.82, 2.24) is 5.32 Å². The van der Waals surface area contributed by atoms with E-state index >= 15 is 0 Å². The molecule has 76 valence electrons. The SMILES string of the molecule is OCC1CCNC1c1ccc(F)cc1. The van der Waals surface area contributed by atoms with Gasteiger partial charge in [0.15, 0.2) is 0 Å². The summed E-state index contributed by atoms with van der Waals surface area (Å²) in [6, 6.07) is 6.66. The van der Waals surface area contributed by atoms with Crippen molar-refractivity contribution in [2.45, 2.75) is 12.5 Å². The highest BCUT2D eigenvalue weighted by Crippen LogP contribution is 2.28. The second-order valence-electron chi connectivity index (χ2n) is 3.71. The summed E-state index contributed by atoms with van der Waals surface area (Å²) in [6.45, 7) is 1.11. The predicted molar refractivity (Wildman–Crippen MR) is 52.3 cm³/mol. The average molecular weight is 195 g/mol. The molecule has 0 amide bonds. The standard InChI is InChI=1S/C11H14FNO/c12-10-3-1-8(2-4-10)11-9(7-14)5-6-13-11/h1-4,9,11,13-14H,5-7H2. The fourth-order valence-electron chi connectivity index (χ4n) is 2.01. The van der Waals surface area contributed by atoms with Crippen LogP contribution in [0.5, 0.6) is 0 Å². The van der Waals surface area contributed by atoms with Crippen LogP contribution in [0.2, 0.25) is 0 Å². The molecule has 2 unspecified atom stereocenters. The van der Waals surface area contributed by atoms with Gasteiger partial charge in [0.2, 0.25) is 0 Å². The van der Waals surface area contributed by atoms with Gasteiger partial charge < -0.3 is 10.4 Å². The van der Waals surface area contributed by atoms with E-state index in [4.69, 9.17) is 5.11 Å². The molecule has 3 heteroatoms. The van der Waals surface area contributed by atoms with Gasteiger partial charge in [0.25, 0.3) is 0 Å². The molecular weight excluding hydrogens is 181 g/mol. The van der Waals surface area contributed by atoms with E-state index in [1.54, 1.807) is 12.1 Å². The van der Waals surface area contributed by atoms with Crippen LogP contribution in [0, 0.1) is 11.7 Å². The Morgan fingerprint density at radius 1 is 1.36 bits per heavy atom. The van der Waals surface area contributed by atoms with Gasteiger partial charge in [-0.2, -0.15) is 0 Å². The molecule has 0 radical (unpaired) electrons. The number of rotatable bonds is 2. The van der Waals surface area contributed by atoms with Crippen molar-refractivity contribution in [3.8, 4) is 0 Å². The van der Waals surface area contributed by atoms with Gasteiger partial charge in [-0.3, -0.25) is 0 Å². The smallest absolute Gasteiger partial charge is 0.123 e. The third-order valence-electron chi connectivity index (χ3n) is 2.81. The minimum Gasteiger partial charge on any atom is -0.396 e. The molecule has 0 saturated carbocycles. The summed E-state index contributed by atoms with van der Waals surface area (Å²) in [5, 5.41) is 12.4. The van der Waals surface area contributed by atoms with Crippen molar-refractivity contribution in [2.75, 3.05) is 13.2 Å². The summed E-state index contributed by atoms with van der Waals surface area (Å²) >= 11 is 0. The fraction of sp³-hybridized carbons (Fsp3) is 0.455. The van der Waals surface area contributed by atoms with Crippen LogP contribution in [-0.2, 0) is 0 Å². The van der Waals surface area contributed by atoms with Crippen molar-refractivity contribution < 1.29 is 9.50 Å². The number of aliphatic hydroxyl groups excluding tert-OH is 1. The van der Waals surface area contributed by atoms with Crippen LogP contribution in [-0.4, -0.2) is 18.3 Å². The molecule has 1 aliphatic rings. The highest BCUT2D eigenvalue weighted by atomic mass is 19.1. The van der Waals surface area contributed by atoms with Crippen LogP contribution in [0.25, 0.3) is 0 Å². The lowest BCUT2D eigenvalue weighted by Crippen LogP contribution is -2.19. The van der Waals surface area contributed by atoms with Crippen LogP contribution in [0.1, 0.15) is 18.0 Å². The summed E-state index contributed by atoms with van der Waals surface area (Å²) in [4.78, 5) is 0. The lowest BCUT2D eigenvalue weighted by molar-refractivity contribution is 0.214. The Labute approximate surface area is 82.8 Å². The van der Waals surface area contributed by atoms with Crippen LogP contribution in [0.3, 0.4) is 0 Å². The first-order valence-corrected chi connectivity index (χ1v) is 4.91. The van der Waals surface area contributed by atoms with Crippen molar-refractivity contribution in [2.24, 2.45) is 5.92 Å². The van der Waals surface area contributed by atoms with E-state index in [9.17, 15) is 4.39 Å². The van der Waals surface area contributed by atoms with Crippen molar-refractivity contribution >= 4 is 0 Å². The lowest BCUT2D eigenvalue weighted by Gasteiger charge is -2.17. The normalized spacial score (nSPS) is 26.7. The maximum absolute atomic E-state index is 12.7. The van der Waals surface area contributed by atoms with Crippen molar-refractivity contribution in [1.29, 1.82) is 0 Å². The first kappa shape index (κ1) is 9.62. The molecule has 1 aromatic carbocycles. The van der Waals surface area contributed by atoms with Gasteiger partial charge >= 0.3 is 0 Å². The fourth-order valence-corrected chi connectivity index (χ4v) is 2.01. The monoisotopic (exact) mass is 195 g/mol. The Bertz CT molecular complexity index is 299. The highest BCUT2D eigenvalue weighted by molar-refractivity contribution is 5.21. The predicted octanol–water partition coefficient (Wildman–Crippen LogP) is 1.47. The van der Waals surface area contributed by atoms with E-state index in [1.807, 2.05) is 0 Å².